The lowest BCUT2D eigenvalue weighted by molar-refractivity contribution is -0.420. The third-order valence-electron chi connectivity index (χ3n) is 9.49. The van der Waals surface area contributed by atoms with Crippen LogP contribution >= 0.6 is 0 Å². The number of aliphatic hydroxyl groups excluding tert-OH is 1. The number of aliphatic hydroxyl groups is 1. The molecule has 6 rings (SSSR count). The molecular formula is C40H50O11. The van der Waals surface area contributed by atoms with Crippen LogP contribution in [0.5, 0.6) is 0 Å². The molecule has 0 bridgehead atoms. The van der Waals surface area contributed by atoms with Crippen molar-refractivity contribution >= 4 is 0 Å². The minimum absolute atomic E-state index is 0.0782. The second-order valence-electron chi connectivity index (χ2n) is 13.5. The minimum atomic E-state index is -1.23. The van der Waals surface area contributed by atoms with E-state index in [1.54, 1.807) is 27.0 Å². The predicted molar refractivity (Wildman–Crippen MR) is 186 cm³/mol. The number of methoxy groups -OCH3 is 2. The van der Waals surface area contributed by atoms with Crippen molar-refractivity contribution in [1.29, 1.82) is 0 Å². The average Bonchev–Trinajstić information content (AvgIpc) is 3.15. The molecule has 3 heterocycles. The van der Waals surface area contributed by atoms with Crippen molar-refractivity contribution < 1.29 is 52.5 Å². The Morgan fingerprint density at radius 1 is 0.725 bits per heavy atom. The molecule has 276 valence electrons. The molecule has 10 atom stereocenters. The number of hydrogen-bond donors (Lipinski definition) is 1. The monoisotopic (exact) mass is 706 g/mol. The highest BCUT2D eigenvalue weighted by molar-refractivity contribution is 5.16. The van der Waals surface area contributed by atoms with Crippen molar-refractivity contribution in [3.05, 3.63) is 120 Å². The molecule has 0 unspecified atom stereocenters. The van der Waals surface area contributed by atoms with Crippen LogP contribution in [-0.2, 0) is 67.2 Å². The maximum Gasteiger partial charge on any atom is 0.188 e. The van der Waals surface area contributed by atoms with E-state index >= 15 is 0 Å². The number of ether oxygens (including phenoxy) is 10. The Hall–Kier alpha value is -3.04. The molecule has 0 saturated carbocycles. The van der Waals surface area contributed by atoms with Crippen molar-refractivity contribution in [3.8, 4) is 0 Å². The lowest BCUT2D eigenvalue weighted by Gasteiger charge is -2.55. The summed E-state index contributed by atoms with van der Waals surface area (Å²) in [6.07, 6.45) is -6.40. The van der Waals surface area contributed by atoms with Crippen LogP contribution in [0.15, 0.2) is 104 Å². The summed E-state index contributed by atoms with van der Waals surface area (Å²) in [6.45, 7) is 8.66. The minimum Gasteiger partial charge on any atom is -0.387 e. The van der Waals surface area contributed by atoms with E-state index in [1.807, 2.05) is 91.0 Å². The van der Waals surface area contributed by atoms with Crippen LogP contribution in [0.25, 0.3) is 0 Å². The van der Waals surface area contributed by atoms with Crippen LogP contribution in [0.3, 0.4) is 0 Å². The molecule has 3 aliphatic rings. The largest absolute Gasteiger partial charge is 0.387 e. The SMILES string of the molecule is C=C[C@@]12COC(C)(C)O[C@H]1[C@H](O)[C@@H](OC)[C@H](O[C@H]1[C@H](OCc3ccccc3)[C@@H](OCc3ccccc3)[C@@H](OC)O[C@@H]1COCc1ccccc1)O2. The van der Waals surface area contributed by atoms with E-state index in [9.17, 15) is 5.11 Å². The van der Waals surface area contributed by atoms with Gasteiger partial charge in [0.15, 0.2) is 18.4 Å². The van der Waals surface area contributed by atoms with Gasteiger partial charge in [0.2, 0.25) is 0 Å². The number of hydrogen-bond acceptors (Lipinski definition) is 11. The van der Waals surface area contributed by atoms with E-state index in [2.05, 4.69) is 6.58 Å². The Morgan fingerprint density at radius 3 is 1.84 bits per heavy atom. The molecule has 11 nitrogen and oxygen atoms in total. The van der Waals surface area contributed by atoms with Gasteiger partial charge in [-0.15, -0.1) is 6.58 Å². The highest BCUT2D eigenvalue weighted by Gasteiger charge is 2.60. The van der Waals surface area contributed by atoms with Gasteiger partial charge in [0, 0.05) is 14.2 Å². The molecular weight excluding hydrogens is 656 g/mol. The van der Waals surface area contributed by atoms with Crippen LogP contribution in [0.4, 0.5) is 0 Å². The molecule has 51 heavy (non-hydrogen) atoms. The third kappa shape index (κ3) is 8.95. The van der Waals surface area contributed by atoms with Crippen LogP contribution in [0, 0.1) is 0 Å². The van der Waals surface area contributed by atoms with Crippen LogP contribution in [0.1, 0.15) is 30.5 Å². The Bertz CT molecular complexity index is 1490. The van der Waals surface area contributed by atoms with Gasteiger partial charge in [-0.3, -0.25) is 0 Å². The lowest BCUT2D eigenvalue weighted by Crippen LogP contribution is -2.72. The van der Waals surface area contributed by atoms with Gasteiger partial charge < -0.3 is 52.5 Å². The van der Waals surface area contributed by atoms with Gasteiger partial charge in [-0.2, -0.15) is 0 Å². The maximum atomic E-state index is 11.7. The van der Waals surface area contributed by atoms with Gasteiger partial charge in [-0.1, -0.05) is 97.1 Å². The first-order chi connectivity index (χ1) is 24.8. The van der Waals surface area contributed by atoms with E-state index in [4.69, 9.17) is 47.4 Å². The summed E-state index contributed by atoms with van der Waals surface area (Å²) >= 11 is 0. The Balaban J connectivity index is 1.33. The standard InChI is InChI=1S/C40H50O11/c1-6-40-26-47-39(2,3)50-36(40)31(41)33(42-4)38(51-40)49-32-30(25-44-22-27-16-10-7-11-17-27)48-37(43-5)35(46-24-29-20-14-9-15-21-29)34(32)45-23-28-18-12-8-13-19-28/h6-21,30-38,41H,1,22-26H2,2-5H3/t30-,31-,32-,33-,34+,35-,36+,37+,38-,40-/m1/s1. The van der Waals surface area contributed by atoms with E-state index < -0.39 is 66.7 Å². The molecule has 11 heteroatoms. The molecule has 3 aromatic rings. The molecule has 0 aromatic heterocycles. The third-order valence-corrected chi connectivity index (χ3v) is 9.49. The smallest absolute Gasteiger partial charge is 0.188 e. The number of benzene rings is 3. The second-order valence-corrected chi connectivity index (χ2v) is 13.5. The Kier molecular flexibility index (Phi) is 12.7. The van der Waals surface area contributed by atoms with Crippen LogP contribution in [-0.4, -0.2) is 99.2 Å². The first kappa shape index (κ1) is 37.7. The van der Waals surface area contributed by atoms with E-state index in [1.165, 1.54) is 7.11 Å². The molecule has 0 aliphatic carbocycles. The van der Waals surface area contributed by atoms with Crippen molar-refractivity contribution in [1.82, 2.24) is 0 Å². The van der Waals surface area contributed by atoms with Crippen LogP contribution < -0.4 is 0 Å². The summed E-state index contributed by atoms with van der Waals surface area (Å²) in [5.41, 5.74) is 1.70. The van der Waals surface area contributed by atoms with E-state index in [-0.39, 0.29) is 26.4 Å². The fourth-order valence-corrected chi connectivity index (χ4v) is 6.75. The van der Waals surface area contributed by atoms with E-state index in [0.717, 1.165) is 16.7 Å². The summed E-state index contributed by atoms with van der Waals surface area (Å²) in [7, 11) is 3.06. The topological polar surface area (TPSA) is 113 Å². The van der Waals surface area contributed by atoms with Gasteiger partial charge in [0.05, 0.1) is 33.0 Å². The second kappa shape index (κ2) is 17.2. The van der Waals surface area contributed by atoms with E-state index in [0.29, 0.717) is 6.61 Å². The molecule has 3 aliphatic heterocycles. The van der Waals surface area contributed by atoms with Crippen molar-refractivity contribution in [2.45, 2.75) is 100 Å². The molecule has 0 spiro atoms. The summed E-state index contributed by atoms with van der Waals surface area (Å²) in [5, 5.41) is 11.7. The quantitative estimate of drug-likeness (QED) is 0.217. The maximum absolute atomic E-state index is 11.7. The van der Waals surface area contributed by atoms with Gasteiger partial charge in [-0.05, 0) is 30.5 Å². The number of rotatable bonds is 15. The molecule has 0 radical (unpaired) electrons. The first-order valence-electron chi connectivity index (χ1n) is 17.4. The van der Waals surface area contributed by atoms with Gasteiger partial charge in [0.25, 0.3) is 0 Å². The zero-order chi connectivity index (χ0) is 35.8. The lowest BCUT2D eigenvalue weighted by atomic mass is 9.85. The molecule has 3 aromatic carbocycles. The fraction of sp³-hybridized carbons (Fsp3) is 0.500. The normalized spacial score (nSPS) is 33.3. The van der Waals surface area contributed by atoms with Gasteiger partial charge in [0.1, 0.15) is 48.3 Å². The number of fused-ring (bicyclic) bond motifs is 1. The molecule has 3 saturated heterocycles. The average molecular weight is 707 g/mol. The molecule has 1 N–H and O–H groups in total. The fourth-order valence-electron chi connectivity index (χ4n) is 6.75. The van der Waals surface area contributed by atoms with Gasteiger partial charge in [-0.25, -0.2) is 0 Å². The van der Waals surface area contributed by atoms with Crippen LogP contribution in [0.2, 0.25) is 0 Å². The zero-order valence-corrected chi connectivity index (χ0v) is 29.7. The van der Waals surface area contributed by atoms with Crippen molar-refractivity contribution in [2.24, 2.45) is 0 Å². The predicted octanol–water partition coefficient (Wildman–Crippen LogP) is 4.94. The highest BCUT2D eigenvalue weighted by Crippen LogP contribution is 2.42. The summed E-state index contributed by atoms with van der Waals surface area (Å²) in [6, 6.07) is 29.6. The molecule has 3 fully saturated rings. The summed E-state index contributed by atoms with van der Waals surface area (Å²) < 4.78 is 63.6. The Morgan fingerprint density at radius 2 is 1.29 bits per heavy atom. The van der Waals surface area contributed by atoms with Crippen molar-refractivity contribution in [3.63, 3.8) is 0 Å². The highest BCUT2D eigenvalue weighted by atomic mass is 16.8. The Labute approximate surface area is 300 Å². The van der Waals surface area contributed by atoms with Crippen molar-refractivity contribution in [2.75, 3.05) is 27.4 Å². The summed E-state index contributed by atoms with van der Waals surface area (Å²) in [4.78, 5) is 0. The zero-order valence-electron chi connectivity index (χ0n) is 29.7. The molecule has 0 amide bonds. The summed E-state index contributed by atoms with van der Waals surface area (Å²) in [5.74, 6) is -0.958. The van der Waals surface area contributed by atoms with Gasteiger partial charge >= 0.3 is 0 Å². The first-order valence-corrected chi connectivity index (χ1v) is 17.4.